The molecule has 470 valence electrons. The van der Waals surface area contributed by atoms with Crippen molar-refractivity contribution in [3.63, 3.8) is 0 Å². The Bertz CT molecular complexity index is 1800. The highest BCUT2D eigenvalue weighted by molar-refractivity contribution is 5.71. The highest BCUT2D eigenvalue weighted by Crippen LogP contribution is 2.16. The first kappa shape index (κ1) is 78.3. The van der Waals surface area contributed by atoms with E-state index in [9.17, 15) is 14.4 Å². The van der Waals surface area contributed by atoms with E-state index >= 15 is 0 Å². The quantitative estimate of drug-likeness (QED) is 0.0261. The Hall–Kier alpha value is -4.71. The fraction of sp³-hybridized carbons (Fsp3) is 0.649. The Kier molecular flexibility index (Phi) is 65.8. The fourth-order valence-corrected chi connectivity index (χ4v) is 9.26. The van der Waals surface area contributed by atoms with Gasteiger partial charge in [-0.25, -0.2) is 0 Å². The van der Waals surface area contributed by atoms with Crippen LogP contribution in [-0.4, -0.2) is 37.2 Å². The number of allylic oxidation sites excluding steroid dienone is 24. The van der Waals surface area contributed by atoms with Crippen LogP contribution in [-0.2, 0) is 28.6 Å². The maximum absolute atomic E-state index is 12.9. The predicted molar refractivity (Wildman–Crippen MR) is 362 cm³/mol. The second kappa shape index (κ2) is 69.8. The summed E-state index contributed by atoms with van der Waals surface area (Å²) in [5.74, 6) is -0.991. The largest absolute Gasteiger partial charge is 0.462 e. The van der Waals surface area contributed by atoms with E-state index in [4.69, 9.17) is 14.2 Å². The van der Waals surface area contributed by atoms with Crippen molar-refractivity contribution < 1.29 is 28.6 Å². The normalized spacial score (nSPS) is 13.0. The first-order chi connectivity index (χ1) is 41.0. The molecule has 0 rings (SSSR count). The van der Waals surface area contributed by atoms with Gasteiger partial charge in [-0.1, -0.05) is 301 Å². The van der Waals surface area contributed by atoms with E-state index in [-0.39, 0.29) is 37.5 Å². The van der Waals surface area contributed by atoms with Crippen molar-refractivity contribution >= 4 is 17.9 Å². The van der Waals surface area contributed by atoms with Crippen LogP contribution in [0.1, 0.15) is 303 Å². The highest BCUT2D eigenvalue weighted by atomic mass is 16.6. The van der Waals surface area contributed by atoms with Gasteiger partial charge in [-0.2, -0.15) is 0 Å². The molecule has 6 heteroatoms. The molecule has 0 fully saturated rings. The van der Waals surface area contributed by atoms with Crippen molar-refractivity contribution in [1.29, 1.82) is 0 Å². The molecule has 1 unspecified atom stereocenters. The van der Waals surface area contributed by atoms with Crippen LogP contribution >= 0.6 is 0 Å². The summed E-state index contributed by atoms with van der Waals surface area (Å²) in [5, 5.41) is 0. The van der Waals surface area contributed by atoms with Crippen LogP contribution in [0.2, 0.25) is 0 Å². The second-order valence-corrected chi connectivity index (χ2v) is 22.3. The highest BCUT2D eigenvalue weighted by Gasteiger charge is 2.19. The summed E-state index contributed by atoms with van der Waals surface area (Å²) in [6, 6.07) is 0. The average molecular weight is 1150 g/mol. The van der Waals surface area contributed by atoms with Gasteiger partial charge in [0.2, 0.25) is 0 Å². The minimum Gasteiger partial charge on any atom is -0.462 e. The lowest BCUT2D eigenvalue weighted by Crippen LogP contribution is -2.30. The van der Waals surface area contributed by atoms with E-state index in [1.165, 1.54) is 148 Å². The Balaban J connectivity index is 4.30. The molecule has 0 radical (unpaired) electrons. The van der Waals surface area contributed by atoms with Gasteiger partial charge in [0, 0.05) is 19.3 Å². The zero-order chi connectivity index (χ0) is 59.9. The van der Waals surface area contributed by atoms with Crippen molar-refractivity contribution in [2.75, 3.05) is 13.2 Å². The molecule has 0 amide bonds. The molecule has 0 saturated heterocycles. The number of esters is 3. The number of hydrogen-bond donors (Lipinski definition) is 0. The molecular weight excluding hydrogens is 1020 g/mol. The summed E-state index contributed by atoms with van der Waals surface area (Å²) in [6.07, 6.45) is 100. The smallest absolute Gasteiger partial charge is 0.306 e. The molecular formula is C77H126O6. The average Bonchev–Trinajstić information content (AvgIpc) is 3.49. The van der Waals surface area contributed by atoms with Gasteiger partial charge in [-0.15, -0.1) is 0 Å². The molecule has 0 aromatic carbocycles. The summed E-state index contributed by atoms with van der Waals surface area (Å²) in [5.41, 5.74) is 0. The molecule has 1 atom stereocenters. The Morgan fingerprint density at radius 3 is 0.819 bits per heavy atom. The van der Waals surface area contributed by atoms with Crippen LogP contribution in [0.15, 0.2) is 146 Å². The summed E-state index contributed by atoms with van der Waals surface area (Å²) in [4.78, 5) is 38.3. The van der Waals surface area contributed by atoms with Gasteiger partial charge < -0.3 is 14.2 Å². The molecule has 0 aliphatic heterocycles. The number of hydrogen-bond acceptors (Lipinski definition) is 6. The SMILES string of the molecule is CC/C=C\C/C=C\C/C=C\C/C=C\C/C=C\C/C=C\C/C=C\CCCCCCCCCCCCCC(=O)OCC(COC(=O)CC/C=C\C/C=C\C/C=C\C/C=C\CC)OC(=O)CCCCCCCCCCC/C=C\CCCCCCCC. The van der Waals surface area contributed by atoms with Crippen molar-refractivity contribution in [3.8, 4) is 0 Å². The summed E-state index contributed by atoms with van der Waals surface area (Å²) in [7, 11) is 0. The zero-order valence-electron chi connectivity index (χ0n) is 53.9. The summed E-state index contributed by atoms with van der Waals surface area (Å²) < 4.78 is 16.9. The van der Waals surface area contributed by atoms with Gasteiger partial charge in [0.15, 0.2) is 6.10 Å². The van der Waals surface area contributed by atoms with E-state index < -0.39 is 6.10 Å². The van der Waals surface area contributed by atoms with E-state index in [0.29, 0.717) is 19.3 Å². The molecule has 0 heterocycles. The monoisotopic (exact) mass is 1150 g/mol. The van der Waals surface area contributed by atoms with Crippen molar-refractivity contribution in [1.82, 2.24) is 0 Å². The minimum absolute atomic E-state index is 0.105. The van der Waals surface area contributed by atoms with Crippen molar-refractivity contribution in [2.24, 2.45) is 0 Å². The predicted octanol–water partition coefficient (Wildman–Crippen LogP) is 23.9. The van der Waals surface area contributed by atoms with Crippen LogP contribution in [0.25, 0.3) is 0 Å². The molecule has 0 N–H and O–H groups in total. The van der Waals surface area contributed by atoms with Crippen molar-refractivity contribution in [3.05, 3.63) is 146 Å². The Morgan fingerprint density at radius 1 is 0.253 bits per heavy atom. The number of carbonyl (C=O) groups excluding carboxylic acids is 3. The third kappa shape index (κ3) is 68.0. The Morgan fingerprint density at radius 2 is 0.494 bits per heavy atom. The van der Waals surface area contributed by atoms with Crippen LogP contribution < -0.4 is 0 Å². The molecule has 0 aliphatic rings. The van der Waals surface area contributed by atoms with Crippen LogP contribution in [0.4, 0.5) is 0 Å². The first-order valence-electron chi connectivity index (χ1n) is 34.3. The van der Waals surface area contributed by atoms with Gasteiger partial charge >= 0.3 is 17.9 Å². The van der Waals surface area contributed by atoms with E-state index in [1.54, 1.807) is 0 Å². The molecule has 0 saturated carbocycles. The van der Waals surface area contributed by atoms with Gasteiger partial charge in [0.1, 0.15) is 13.2 Å². The summed E-state index contributed by atoms with van der Waals surface area (Å²) >= 11 is 0. The number of carbonyl (C=O) groups is 3. The van der Waals surface area contributed by atoms with Crippen LogP contribution in [0.3, 0.4) is 0 Å². The molecule has 83 heavy (non-hydrogen) atoms. The van der Waals surface area contributed by atoms with E-state index in [2.05, 4.69) is 161 Å². The lowest BCUT2D eigenvalue weighted by molar-refractivity contribution is -0.166. The van der Waals surface area contributed by atoms with E-state index in [1.807, 2.05) is 6.08 Å². The summed E-state index contributed by atoms with van der Waals surface area (Å²) in [6.45, 7) is 6.35. The molecule has 0 aliphatic carbocycles. The van der Waals surface area contributed by atoms with Gasteiger partial charge in [0.25, 0.3) is 0 Å². The minimum atomic E-state index is -0.815. The maximum Gasteiger partial charge on any atom is 0.306 e. The fourth-order valence-electron chi connectivity index (χ4n) is 9.26. The third-order valence-electron chi connectivity index (χ3n) is 14.3. The first-order valence-corrected chi connectivity index (χ1v) is 34.3. The molecule has 0 aromatic rings. The second-order valence-electron chi connectivity index (χ2n) is 22.3. The lowest BCUT2D eigenvalue weighted by Gasteiger charge is -2.18. The zero-order valence-corrected chi connectivity index (χ0v) is 53.9. The number of unbranched alkanes of at least 4 members (excludes halogenated alkanes) is 26. The maximum atomic E-state index is 12.9. The standard InChI is InChI=1S/C77H126O6/c1-4-7-10-13-16-19-22-25-27-29-31-32-33-34-35-36-37-38-39-40-41-42-43-44-46-47-49-52-55-58-61-64-67-70-76(79)82-73-74(72-81-75(78)69-66-63-60-57-54-51-24-21-18-15-12-9-6-3)83-77(80)71-68-65-62-59-56-53-50-48-45-30-28-26-23-20-17-14-11-8-5-2/h7,9-10,12,16,18-19,21,25-28,31-32,34-35,37-38,40-41,51,54,60,63,74H,4-6,8,11,13-15,17,20,22-24,29-30,33,36,39,42-50,52-53,55-59,61-62,64-73H2,1-3H3/b10-7-,12-9-,19-16-,21-18-,27-25-,28-26-,32-31-,35-34-,38-37-,41-40-,54-51-,63-60-. The number of ether oxygens (including phenoxy) is 3. The molecule has 0 spiro atoms. The van der Waals surface area contributed by atoms with Crippen LogP contribution in [0.5, 0.6) is 0 Å². The molecule has 6 nitrogen and oxygen atoms in total. The van der Waals surface area contributed by atoms with Gasteiger partial charge in [-0.05, 0) is 128 Å². The lowest BCUT2D eigenvalue weighted by atomic mass is 10.0. The van der Waals surface area contributed by atoms with Gasteiger partial charge in [-0.3, -0.25) is 14.4 Å². The van der Waals surface area contributed by atoms with E-state index in [0.717, 1.165) is 109 Å². The third-order valence-corrected chi connectivity index (χ3v) is 14.3. The molecule has 0 aromatic heterocycles. The molecule has 0 bridgehead atoms. The van der Waals surface area contributed by atoms with Gasteiger partial charge in [0.05, 0.1) is 0 Å². The van der Waals surface area contributed by atoms with Crippen LogP contribution in [0, 0.1) is 0 Å². The Labute approximate surface area is 512 Å². The topological polar surface area (TPSA) is 78.9 Å². The number of rotatable bonds is 61. The van der Waals surface area contributed by atoms with Crippen molar-refractivity contribution in [2.45, 2.75) is 309 Å².